The van der Waals surface area contributed by atoms with Gasteiger partial charge in [0.15, 0.2) is 0 Å². The summed E-state index contributed by atoms with van der Waals surface area (Å²) in [6, 6.07) is 6.02. The Labute approximate surface area is 112 Å². The fraction of sp³-hybridized carbons (Fsp3) is 0.100. The van der Waals surface area contributed by atoms with Gasteiger partial charge >= 0.3 is 0 Å². The van der Waals surface area contributed by atoms with Crippen molar-refractivity contribution in [2.24, 2.45) is 0 Å². The molecule has 0 spiro atoms. The molecule has 0 amide bonds. The molecule has 8 nitrogen and oxygen atoms in total. The van der Waals surface area contributed by atoms with E-state index in [1.54, 1.807) is 6.92 Å². The highest BCUT2D eigenvalue weighted by Crippen LogP contribution is 2.34. The average molecular weight is 276 g/mol. The zero-order chi connectivity index (χ0) is 14.0. The maximum atomic E-state index is 10.9. The summed E-state index contributed by atoms with van der Waals surface area (Å²) in [4.78, 5) is 10.7. The van der Waals surface area contributed by atoms with Crippen molar-refractivity contribution in [2.75, 3.05) is 5.84 Å². The molecule has 0 aliphatic rings. The molecule has 0 radical (unpaired) electrons. The van der Waals surface area contributed by atoms with Crippen molar-refractivity contribution < 1.29 is 4.92 Å². The minimum absolute atomic E-state index is 0.107. The predicted octanol–water partition coefficient (Wildman–Crippen LogP) is 1.23. The van der Waals surface area contributed by atoms with Gasteiger partial charge in [-0.05, 0) is 30.8 Å². The molecular formula is C10H8N6O2S. The summed E-state index contributed by atoms with van der Waals surface area (Å²) in [6.07, 6.45) is 0. The van der Waals surface area contributed by atoms with E-state index in [4.69, 9.17) is 11.1 Å². The second kappa shape index (κ2) is 4.95. The summed E-state index contributed by atoms with van der Waals surface area (Å²) >= 11 is 0.991. The summed E-state index contributed by atoms with van der Waals surface area (Å²) in [5.74, 6) is 6.17. The lowest BCUT2D eigenvalue weighted by Gasteiger charge is -2.03. The first-order valence-corrected chi connectivity index (χ1v) is 5.88. The van der Waals surface area contributed by atoms with Crippen LogP contribution in [0.25, 0.3) is 0 Å². The number of aryl methyl sites for hydroxylation is 1. The van der Waals surface area contributed by atoms with Gasteiger partial charge in [0.25, 0.3) is 5.69 Å². The number of hydrogen-bond acceptors (Lipinski definition) is 7. The van der Waals surface area contributed by atoms with Crippen LogP contribution >= 0.6 is 11.8 Å². The van der Waals surface area contributed by atoms with Crippen LogP contribution < -0.4 is 5.84 Å². The van der Waals surface area contributed by atoms with Crippen molar-refractivity contribution in [3.8, 4) is 6.07 Å². The van der Waals surface area contributed by atoms with Crippen molar-refractivity contribution in [1.82, 2.24) is 14.9 Å². The van der Waals surface area contributed by atoms with Gasteiger partial charge in [-0.2, -0.15) is 5.26 Å². The lowest BCUT2D eigenvalue weighted by Crippen LogP contribution is -2.11. The Morgan fingerprint density at radius 3 is 2.79 bits per heavy atom. The second-order valence-corrected chi connectivity index (χ2v) is 4.56. The van der Waals surface area contributed by atoms with E-state index in [0.717, 1.165) is 11.8 Å². The van der Waals surface area contributed by atoms with Gasteiger partial charge in [0.1, 0.15) is 5.82 Å². The van der Waals surface area contributed by atoms with Crippen LogP contribution in [0.15, 0.2) is 28.3 Å². The molecule has 0 saturated heterocycles. The van der Waals surface area contributed by atoms with E-state index in [2.05, 4.69) is 10.2 Å². The molecule has 0 atom stereocenters. The number of hydrogen-bond donors (Lipinski definition) is 1. The van der Waals surface area contributed by atoms with Crippen LogP contribution in [-0.4, -0.2) is 19.8 Å². The molecular weight excluding hydrogens is 268 g/mol. The molecule has 0 aliphatic heterocycles. The third-order valence-electron chi connectivity index (χ3n) is 2.32. The van der Waals surface area contributed by atoms with Gasteiger partial charge in [0.2, 0.25) is 5.16 Å². The third-order valence-corrected chi connectivity index (χ3v) is 3.33. The van der Waals surface area contributed by atoms with Crippen LogP contribution in [0.3, 0.4) is 0 Å². The Balaban J connectivity index is 2.46. The van der Waals surface area contributed by atoms with Gasteiger partial charge in [-0.1, -0.05) is 0 Å². The zero-order valence-electron chi connectivity index (χ0n) is 9.77. The first kappa shape index (κ1) is 12.8. The Kier molecular flexibility index (Phi) is 3.35. The number of nitro groups is 1. The smallest absolute Gasteiger partial charge is 0.283 e. The highest BCUT2D eigenvalue weighted by Gasteiger charge is 2.18. The van der Waals surface area contributed by atoms with E-state index in [0.29, 0.717) is 21.4 Å². The SMILES string of the molecule is Cc1nnc(Sc2cc(C#N)ccc2[N+](=O)[O-])n1N. The molecule has 0 saturated carbocycles. The Morgan fingerprint density at radius 1 is 1.53 bits per heavy atom. The fourth-order valence-corrected chi connectivity index (χ4v) is 2.28. The first-order chi connectivity index (χ1) is 9.02. The van der Waals surface area contributed by atoms with Crippen LogP contribution in [0.1, 0.15) is 11.4 Å². The van der Waals surface area contributed by atoms with E-state index in [-0.39, 0.29) is 5.69 Å². The normalized spacial score (nSPS) is 10.1. The van der Waals surface area contributed by atoms with Crippen molar-refractivity contribution in [3.63, 3.8) is 0 Å². The number of benzene rings is 1. The first-order valence-electron chi connectivity index (χ1n) is 5.06. The summed E-state index contributed by atoms with van der Waals surface area (Å²) in [5, 5.41) is 27.7. The van der Waals surface area contributed by atoms with Crippen LogP contribution in [0.2, 0.25) is 0 Å². The van der Waals surface area contributed by atoms with E-state index in [9.17, 15) is 10.1 Å². The summed E-state index contributed by atoms with van der Waals surface area (Å²) < 4.78 is 1.23. The van der Waals surface area contributed by atoms with E-state index in [1.807, 2.05) is 6.07 Å². The lowest BCUT2D eigenvalue weighted by atomic mass is 10.2. The van der Waals surface area contributed by atoms with Crippen LogP contribution in [0, 0.1) is 28.4 Å². The average Bonchev–Trinajstić information content (AvgIpc) is 2.70. The Hall–Kier alpha value is -2.60. The Morgan fingerprint density at radius 2 is 2.26 bits per heavy atom. The second-order valence-electron chi connectivity index (χ2n) is 3.55. The summed E-state index contributed by atoms with van der Waals surface area (Å²) in [6.45, 7) is 1.66. The minimum Gasteiger partial charge on any atom is -0.336 e. The molecule has 1 aromatic heterocycles. The molecule has 0 fully saturated rings. The van der Waals surface area contributed by atoms with Crippen molar-refractivity contribution in [1.29, 1.82) is 5.26 Å². The predicted molar refractivity (Wildman–Crippen MR) is 66.8 cm³/mol. The molecule has 96 valence electrons. The molecule has 0 bridgehead atoms. The Bertz CT molecular complexity index is 690. The van der Waals surface area contributed by atoms with Gasteiger partial charge in [-0.25, -0.2) is 4.68 Å². The number of nitrogens with zero attached hydrogens (tertiary/aromatic N) is 5. The third kappa shape index (κ3) is 2.48. The zero-order valence-corrected chi connectivity index (χ0v) is 10.6. The quantitative estimate of drug-likeness (QED) is 0.508. The van der Waals surface area contributed by atoms with Crippen molar-refractivity contribution in [2.45, 2.75) is 17.0 Å². The monoisotopic (exact) mass is 276 g/mol. The molecule has 0 unspecified atom stereocenters. The summed E-state index contributed by atoms with van der Waals surface area (Å²) in [5.41, 5.74) is 0.220. The molecule has 1 heterocycles. The van der Waals surface area contributed by atoms with Crippen LogP contribution in [-0.2, 0) is 0 Å². The van der Waals surface area contributed by atoms with Crippen LogP contribution in [0.4, 0.5) is 5.69 Å². The summed E-state index contributed by atoms with van der Waals surface area (Å²) in [7, 11) is 0. The molecule has 2 N–H and O–H groups in total. The maximum Gasteiger partial charge on any atom is 0.283 e. The molecule has 2 rings (SSSR count). The molecule has 9 heteroatoms. The number of nitrogen functional groups attached to an aromatic ring is 1. The van der Waals surface area contributed by atoms with Gasteiger partial charge in [0.05, 0.1) is 21.5 Å². The largest absolute Gasteiger partial charge is 0.336 e. The van der Waals surface area contributed by atoms with Crippen molar-refractivity contribution in [3.05, 3.63) is 39.7 Å². The molecule has 1 aromatic carbocycles. The minimum atomic E-state index is -0.520. The fourth-order valence-electron chi connectivity index (χ4n) is 1.33. The number of aromatic nitrogens is 3. The number of nitrogens with two attached hydrogens (primary N) is 1. The van der Waals surface area contributed by atoms with Gasteiger partial charge in [0, 0.05) is 6.07 Å². The standard InChI is InChI=1S/C10H8N6O2S/c1-6-13-14-10(15(6)12)19-9-4-7(5-11)2-3-8(9)16(17)18/h2-4H,12H2,1H3. The van der Waals surface area contributed by atoms with E-state index >= 15 is 0 Å². The van der Waals surface area contributed by atoms with E-state index in [1.165, 1.54) is 22.9 Å². The number of nitriles is 1. The number of rotatable bonds is 3. The van der Waals surface area contributed by atoms with Gasteiger partial charge in [-0.3, -0.25) is 10.1 Å². The van der Waals surface area contributed by atoms with Crippen LogP contribution in [0.5, 0.6) is 0 Å². The maximum absolute atomic E-state index is 10.9. The highest BCUT2D eigenvalue weighted by atomic mass is 32.2. The highest BCUT2D eigenvalue weighted by molar-refractivity contribution is 7.99. The van der Waals surface area contributed by atoms with Crippen molar-refractivity contribution >= 4 is 17.4 Å². The van der Waals surface area contributed by atoms with Gasteiger partial charge in [-0.15, -0.1) is 10.2 Å². The lowest BCUT2D eigenvalue weighted by molar-refractivity contribution is -0.387. The van der Waals surface area contributed by atoms with Gasteiger partial charge < -0.3 is 5.84 Å². The molecule has 0 aliphatic carbocycles. The topological polar surface area (TPSA) is 124 Å². The van der Waals surface area contributed by atoms with E-state index < -0.39 is 4.92 Å². The number of nitro benzene ring substituents is 1. The molecule has 19 heavy (non-hydrogen) atoms. The molecule has 2 aromatic rings.